The fourth-order valence-corrected chi connectivity index (χ4v) is 1.55. The highest BCUT2D eigenvalue weighted by Crippen LogP contribution is 2.24. The molecule has 0 saturated carbocycles. The van der Waals surface area contributed by atoms with Crippen LogP contribution in [0.25, 0.3) is 0 Å². The minimum absolute atomic E-state index is 0.0130. The maximum Gasteiger partial charge on any atom is 0.288 e. The van der Waals surface area contributed by atoms with Crippen LogP contribution in [0.15, 0.2) is 16.7 Å². The third-order valence-electron chi connectivity index (χ3n) is 2.35. The number of halogens is 1. The molecule has 0 aliphatic rings. The van der Waals surface area contributed by atoms with Gasteiger partial charge in [-0.1, -0.05) is 20.3 Å². The fraction of sp³-hybridized carbons (Fsp3) is 0.500. The summed E-state index contributed by atoms with van der Waals surface area (Å²) in [6.45, 7) is 5.05. The second-order valence-electron chi connectivity index (χ2n) is 3.68. The van der Waals surface area contributed by atoms with E-state index in [1.54, 1.807) is 0 Å². The van der Waals surface area contributed by atoms with Crippen molar-refractivity contribution in [1.29, 1.82) is 0 Å². The predicted octanol–water partition coefficient (Wildman–Crippen LogP) is 3.21. The molecule has 0 aliphatic carbocycles. The van der Waals surface area contributed by atoms with Gasteiger partial charge in [-0.2, -0.15) is 0 Å². The smallest absolute Gasteiger partial charge is 0.288 e. The highest BCUT2D eigenvalue weighted by Gasteiger charge is 2.10. The molecule has 0 fully saturated rings. The maximum absolute atomic E-state index is 10.5. The van der Waals surface area contributed by atoms with E-state index in [2.05, 4.69) is 40.1 Å². The van der Waals surface area contributed by atoms with Crippen molar-refractivity contribution in [2.24, 2.45) is 5.92 Å². The Morgan fingerprint density at radius 2 is 2.38 bits per heavy atom. The summed E-state index contributed by atoms with van der Waals surface area (Å²) in [6.07, 6.45) is 2.33. The van der Waals surface area contributed by atoms with Crippen molar-refractivity contribution in [3.63, 3.8) is 0 Å². The highest BCUT2D eigenvalue weighted by atomic mass is 79.9. The van der Waals surface area contributed by atoms with Crippen LogP contribution in [0.5, 0.6) is 0 Å². The van der Waals surface area contributed by atoms with Crippen LogP contribution < -0.4 is 5.32 Å². The van der Waals surface area contributed by atoms with Crippen molar-refractivity contribution in [3.05, 3.63) is 26.9 Å². The van der Waals surface area contributed by atoms with Gasteiger partial charge >= 0.3 is 0 Å². The van der Waals surface area contributed by atoms with Crippen molar-refractivity contribution in [2.75, 3.05) is 11.9 Å². The lowest BCUT2D eigenvalue weighted by atomic mass is 10.1. The van der Waals surface area contributed by atoms with Gasteiger partial charge in [-0.3, -0.25) is 10.1 Å². The first kappa shape index (κ1) is 12.9. The molecule has 16 heavy (non-hydrogen) atoms. The van der Waals surface area contributed by atoms with Crippen molar-refractivity contribution in [2.45, 2.75) is 20.3 Å². The standard InChI is InChI=1S/C10H14BrN3O2/c1-3-7(2)5-12-10-9(11)4-8(6-13-10)14(15)16/h4,6-7H,3,5H2,1-2H3,(H,12,13). The van der Waals surface area contributed by atoms with Crippen LogP contribution in [0.2, 0.25) is 0 Å². The average molecular weight is 288 g/mol. The van der Waals surface area contributed by atoms with Crippen molar-refractivity contribution >= 4 is 27.4 Å². The van der Waals surface area contributed by atoms with E-state index < -0.39 is 4.92 Å². The number of nitrogens with one attached hydrogen (secondary N) is 1. The van der Waals surface area contributed by atoms with Gasteiger partial charge in [0.2, 0.25) is 0 Å². The fourth-order valence-electron chi connectivity index (χ4n) is 1.07. The lowest BCUT2D eigenvalue weighted by Crippen LogP contribution is -2.11. The van der Waals surface area contributed by atoms with Crippen molar-refractivity contribution in [3.8, 4) is 0 Å². The molecule has 1 aromatic rings. The van der Waals surface area contributed by atoms with E-state index in [9.17, 15) is 10.1 Å². The molecule has 6 heteroatoms. The maximum atomic E-state index is 10.5. The van der Waals surface area contributed by atoms with E-state index in [4.69, 9.17) is 0 Å². The summed E-state index contributed by atoms with van der Waals surface area (Å²) >= 11 is 3.26. The molecule has 0 aromatic carbocycles. The Morgan fingerprint density at radius 3 is 2.88 bits per heavy atom. The summed E-state index contributed by atoms with van der Waals surface area (Å²) in [6, 6.07) is 1.45. The first-order chi connectivity index (χ1) is 7.54. The van der Waals surface area contributed by atoms with E-state index in [1.165, 1.54) is 12.3 Å². The molecule has 0 amide bonds. The minimum Gasteiger partial charge on any atom is -0.369 e. The number of hydrogen-bond donors (Lipinski definition) is 1. The molecular formula is C10H14BrN3O2. The third kappa shape index (κ3) is 3.44. The summed E-state index contributed by atoms with van der Waals surface area (Å²) in [5.74, 6) is 1.19. The van der Waals surface area contributed by atoms with Gasteiger partial charge in [0.15, 0.2) is 0 Å². The Labute approximate surface area is 103 Å². The molecule has 0 bridgehead atoms. The number of anilines is 1. The average Bonchev–Trinajstić information content (AvgIpc) is 2.26. The van der Waals surface area contributed by atoms with Gasteiger partial charge in [0.25, 0.3) is 5.69 Å². The number of rotatable bonds is 5. The van der Waals surface area contributed by atoms with Crippen LogP contribution in [0.3, 0.4) is 0 Å². The van der Waals surface area contributed by atoms with Gasteiger partial charge in [0.05, 0.1) is 9.40 Å². The molecule has 5 nitrogen and oxygen atoms in total. The van der Waals surface area contributed by atoms with E-state index in [0.29, 0.717) is 16.2 Å². The molecule has 0 spiro atoms. The molecule has 1 atom stereocenters. The van der Waals surface area contributed by atoms with Gasteiger partial charge in [-0.05, 0) is 21.8 Å². The Bertz CT molecular complexity index is 384. The molecule has 0 radical (unpaired) electrons. The summed E-state index contributed by atoms with van der Waals surface area (Å²) in [5, 5.41) is 13.7. The Morgan fingerprint density at radius 1 is 1.69 bits per heavy atom. The number of hydrogen-bond acceptors (Lipinski definition) is 4. The normalized spacial score (nSPS) is 12.2. The van der Waals surface area contributed by atoms with Crippen molar-refractivity contribution < 1.29 is 4.92 Å². The van der Waals surface area contributed by atoms with E-state index in [-0.39, 0.29) is 5.69 Å². The Hall–Kier alpha value is -1.17. The van der Waals surface area contributed by atoms with Gasteiger partial charge in [0, 0.05) is 12.6 Å². The van der Waals surface area contributed by atoms with Crippen LogP contribution in [-0.4, -0.2) is 16.5 Å². The highest BCUT2D eigenvalue weighted by molar-refractivity contribution is 9.10. The summed E-state index contributed by atoms with van der Waals surface area (Å²) in [4.78, 5) is 14.0. The van der Waals surface area contributed by atoms with E-state index >= 15 is 0 Å². The van der Waals surface area contributed by atoms with Crippen LogP contribution >= 0.6 is 15.9 Å². The van der Waals surface area contributed by atoms with Gasteiger partial charge in [-0.25, -0.2) is 4.98 Å². The van der Waals surface area contributed by atoms with Crippen LogP contribution in [0.4, 0.5) is 11.5 Å². The van der Waals surface area contributed by atoms with Crippen molar-refractivity contribution in [1.82, 2.24) is 4.98 Å². The lowest BCUT2D eigenvalue weighted by Gasteiger charge is -2.11. The topological polar surface area (TPSA) is 68.1 Å². The second-order valence-corrected chi connectivity index (χ2v) is 4.53. The molecule has 1 heterocycles. The Kier molecular flexibility index (Phi) is 4.67. The lowest BCUT2D eigenvalue weighted by molar-refractivity contribution is -0.385. The van der Waals surface area contributed by atoms with Gasteiger partial charge < -0.3 is 5.32 Å². The molecule has 1 N–H and O–H groups in total. The number of aromatic nitrogens is 1. The zero-order valence-electron chi connectivity index (χ0n) is 9.24. The quantitative estimate of drug-likeness (QED) is 0.667. The molecule has 1 aromatic heterocycles. The number of pyridine rings is 1. The molecule has 88 valence electrons. The largest absolute Gasteiger partial charge is 0.369 e. The van der Waals surface area contributed by atoms with Gasteiger partial charge in [0.1, 0.15) is 12.0 Å². The van der Waals surface area contributed by atoms with Crippen LogP contribution in [0.1, 0.15) is 20.3 Å². The third-order valence-corrected chi connectivity index (χ3v) is 2.96. The summed E-state index contributed by atoms with van der Waals surface area (Å²) in [5.41, 5.74) is -0.0130. The second kappa shape index (κ2) is 5.79. The minimum atomic E-state index is -0.462. The molecular weight excluding hydrogens is 274 g/mol. The monoisotopic (exact) mass is 287 g/mol. The molecule has 0 saturated heterocycles. The molecule has 0 aliphatic heterocycles. The van der Waals surface area contributed by atoms with Crippen LogP contribution in [-0.2, 0) is 0 Å². The molecule has 1 unspecified atom stereocenters. The first-order valence-electron chi connectivity index (χ1n) is 5.08. The Balaban J connectivity index is 2.72. The zero-order valence-corrected chi connectivity index (χ0v) is 10.8. The first-order valence-corrected chi connectivity index (χ1v) is 5.87. The SMILES string of the molecule is CCC(C)CNc1ncc([N+](=O)[O-])cc1Br. The number of nitrogens with zero attached hydrogens (tertiary/aromatic N) is 2. The van der Waals surface area contributed by atoms with Crippen LogP contribution in [0, 0.1) is 16.0 Å². The van der Waals surface area contributed by atoms with E-state index in [0.717, 1.165) is 13.0 Å². The summed E-state index contributed by atoms with van der Waals surface area (Å²) < 4.78 is 0.616. The summed E-state index contributed by atoms with van der Waals surface area (Å²) in [7, 11) is 0. The predicted molar refractivity (Wildman–Crippen MR) is 66.5 cm³/mol. The van der Waals surface area contributed by atoms with E-state index in [1.807, 2.05) is 0 Å². The zero-order chi connectivity index (χ0) is 12.1. The number of nitro groups is 1. The molecule has 1 rings (SSSR count). The van der Waals surface area contributed by atoms with Gasteiger partial charge in [-0.15, -0.1) is 0 Å².